The van der Waals surface area contributed by atoms with Crippen LogP contribution in [-0.4, -0.2) is 49.7 Å². The number of piperazine rings is 1. The van der Waals surface area contributed by atoms with Crippen LogP contribution in [0.1, 0.15) is 48.6 Å². The molecule has 0 aliphatic carbocycles. The van der Waals surface area contributed by atoms with E-state index in [0.29, 0.717) is 0 Å². The summed E-state index contributed by atoms with van der Waals surface area (Å²) in [6, 6.07) is 11.6. The molecule has 2 atom stereocenters. The van der Waals surface area contributed by atoms with Gasteiger partial charge in [-0.05, 0) is 50.1 Å². The van der Waals surface area contributed by atoms with E-state index in [1.165, 1.54) is 32.4 Å². The minimum absolute atomic E-state index is 0.0986. The Bertz CT molecular complexity index is 908. The summed E-state index contributed by atoms with van der Waals surface area (Å²) < 4.78 is 0. The number of nitrogens with one attached hydrogen (secondary N) is 2. The fraction of sp³-hybridized carbons (Fsp3) is 0.520. The number of hydrogen-bond acceptors (Lipinski definition) is 6. The molecule has 6 heteroatoms. The highest BCUT2D eigenvalue weighted by Crippen LogP contribution is 2.43. The highest BCUT2D eigenvalue weighted by atomic mass is 32.1. The lowest BCUT2D eigenvalue weighted by molar-refractivity contribution is 0.434. The van der Waals surface area contributed by atoms with Gasteiger partial charge in [0, 0.05) is 55.4 Å². The first kappa shape index (κ1) is 22.2. The zero-order valence-corrected chi connectivity index (χ0v) is 20.2. The van der Waals surface area contributed by atoms with Crippen molar-refractivity contribution in [1.82, 2.24) is 10.2 Å². The predicted molar refractivity (Wildman–Crippen MR) is 135 cm³/mol. The van der Waals surface area contributed by atoms with Crippen LogP contribution in [0.2, 0.25) is 0 Å². The van der Waals surface area contributed by atoms with Crippen LogP contribution in [-0.2, 0) is 0 Å². The zero-order valence-electron chi connectivity index (χ0n) is 19.4. The van der Waals surface area contributed by atoms with E-state index < -0.39 is 0 Å². The lowest BCUT2D eigenvalue weighted by atomic mass is 10.0. The number of hydrogen-bond donors (Lipinski definition) is 3. The Balaban J connectivity index is 0.00000112. The van der Waals surface area contributed by atoms with Crippen molar-refractivity contribution in [1.29, 1.82) is 0 Å². The van der Waals surface area contributed by atoms with Crippen LogP contribution in [0, 0.1) is 6.92 Å². The van der Waals surface area contributed by atoms with Crippen LogP contribution in [0.3, 0.4) is 0 Å². The fourth-order valence-corrected chi connectivity index (χ4v) is 5.72. The Hall–Kier alpha value is -2.02. The zero-order chi connectivity index (χ0) is 22.0. The Kier molecular flexibility index (Phi) is 6.60. The van der Waals surface area contributed by atoms with Gasteiger partial charge in [0.1, 0.15) is 0 Å². The maximum atomic E-state index is 6.44. The molecule has 4 N–H and O–H groups in total. The molecule has 3 aliphatic heterocycles. The third-order valence-electron chi connectivity index (χ3n) is 6.30. The number of rotatable bonds is 3. The topological polar surface area (TPSA) is 56.6 Å². The van der Waals surface area contributed by atoms with E-state index in [4.69, 9.17) is 5.73 Å². The van der Waals surface area contributed by atoms with E-state index in [2.05, 4.69) is 70.7 Å². The van der Waals surface area contributed by atoms with Gasteiger partial charge in [0.25, 0.3) is 0 Å². The molecule has 5 rings (SSSR count). The molecule has 31 heavy (non-hydrogen) atoms. The molecule has 168 valence electrons. The van der Waals surface area contributed by atoms with Gasteiger partial charge in [-0.15, -0.1) is 11.3 Å². The van der Waals surface area contributed by atoms with Crippen molar-refractivity contribution in [2.75, 3.05) is 49.5 Å². The second kappa shape index (κ2) is 9.23. The number of aryl methyl sites for hydroxylation is 1. The molecule has 3 aliphatic rings. The van der Waals surface area contributed by atoms with Gasteiger partial charge in [-0.3, -0.25) is 0 Å². The average molecular weight is 440 g/mol. The molecule has 2 unspecified atom stereocenters. The second-order valence-electron chi connectivity index (χ2n) is 8.93. The smallest absolute Gasteiger partial charge is 0.0736 e. The van der Waals surface area contributed by atoms with Crippen LogP contribution >= 0.6 is 11.3 Å². The van der Waals surface area contributed by atoms with Crippen LogP contribution in [0.25, 0.3) is 5.70 Å². The van der Waals surface area contributed by atoms with Crippen molar-refractivity contribution in [3.05, 3.63) is 51.7 Å². The first-order valence-electron chi connectivity index (χ1n) is 11.7. The Morgan fingerprint density at radius 2 is 1.77 bits per heavy atom. The van der Waals surface area contributed by atoms with Gasteiger partial charge in [-0.1, -0.05) is 26.0 Å². The number of thiophene rings is 1. The summed E-state index contributed by atoms with van der Waals surface area (Å²) in [6.07, 6.45) is 3.45. The maximum absolute atomic E-state index is 6.44. The van der Waals surface area contributed by atoms with Gasteiger partial charge < -0.3 is 26.2 Å². The highest BCUT2D eigenvalue weighted by Gasteiger charge is 2.34. The van der Waals surface area contributed by atoms with E-state index in [9.17, 15) is 0 Å². The van der Waals surface area contributed by atoms with Crippen molar-refractivity contribution < 1.29 is 0 Å². The molecule has 0 radical (unpaired) electrons. The molecule has 2 aromatic rings. The van der Waals surface area contributed by atoms with Crippen molar-refractivity contribution in [2.24, 2.45) is 5.73 Å². The summed E-state index contributed by atoms with van der Waals surface area (Å²) in [5, 5.41) is 7.18. The van der Waals surface area contributed by atoms with Crippen molar-refractivity contribution >= 4 is 28.4 Å². The molecule has 2 saturated heterocycles. The van der Waals surface area contributed by atoms with Gasteiger partial charge in [0.2, 0.25) is 0 Å². The molecular formula is C25H37N5S. The van der Waals surface area contributed by atoms with E-state index in [1.807, 2.05) is 25.2 Å². The quantitative estimate of drug-likeness (QED) is 0.661. The Labute approximate surface area is 191 Å². The summed E-state index contributed by atoms with van der Waals surface area (Å²) in [6.45, 7) is 14.6. The molecule has 0 bridgehead atoms. The monoisotopic (exact) mass is 439 g/mol. The van der Waals surface area contributed by atoms with Gasteiger partial charge in [0.05, 0.1) is 22.3 Å². The summed E-state index contributed by atoms with van der Waals surface area (Å²) in [5.74, 6) is 0. The first-order chi connectivity index (χ1) is 15.0. The summed E-state index contributed by atoms with van der Waals surface area (Å²) in [4.78, 5) is 7.65. The molecule has 0 amide bonds. The second-order valence-corrected chi connectivity index (χ2v) is 10.2. The van der Waals surface area contributed by atoms with Gasteiger partial charge in [0.15, 0.2) is 0 Å². The third-order valence-corrected chi connectivity index (χ3v) is 7.38. The molecule has 0 spiro atoms. The van der Waals surface area contributed by atoms with Crippen LogP contribution < -0.4 is 21.3 Å². The molecule has 5 nitrogen and oxygen atoms in total. The highest BCUT2D eigenvalue weighted by molar-refractivity contribution is 7.13. The lowest BCUT2D eigenvalue weighted by Crippen LogP contribution is -2.43. The molecular weight excluding hydrogens is 402 g/mol. The summed E-state index contributed by atoms with van der Waals surface area (Å²) in [7, 11) is 0. The van der Waals surface area contributed by atoms with Crippen LogP contribution in [0.15, 0.2) is 36.4 Å². The molecule has 1 aromatic heterocycles. The SMILES string of the molecule is CC.Cc1cc2c(s1)C(N1CCC(C)(N)C1)=CC(c1ccc(N3CCNCC3)cc1)N2. The fourth-order valence-electron chi connectivity index (χ4n) is 4.69. The van der Waals surface area contributed by atoms with Crippen LogP contribution in [0.4, 0.5) is 11.4 Å². The minimum atomic E-state index is -0.0986. The number of fused-ring (bicyclic) bond motifs is 1. The van der Waals surface area contributed by atoms with E-state index in [1.54, 1.807) is 0 Å². The molecule has 1 aromatic carbocycles. The number of benzene rings is 1. The summed E-state index contributed by atoms with van der Waals surface area (Å²) >= 11 is 1.88. The number of nitrogens with two attached hydrogens (primary N) is 1. The molecule has 0 saturated carbocycles. The van der Waals surface area contributed by atoms with Crippen molar-refractivity contribution in [2.45, 2.75) is 45.7 Å². The van der Waals surface area contributed by atoms with Crippen molar-refractivity contribution in [3.8, 4) is 0 Å². The maximum Gasteiger partial charge on any atom is 0.0736 e. The van der Waals surface area contributed by atoms with Crippen molar-refractivity contribution in [3.63, 3.8) is 0 Å². The van der Waals surface area contributed by atoms with Gasteiger partial charge in [-0.2, -0.15) is 0 Å². The third kappa shape index (κ3) is 4.76. The minimum Gasteiger partial charge on any atom is -0.373 e. The number of likely N-dealkylation sites (tertiary alicyclic amines) is 1. The van der Waals surface area contributed by atoms with E-state index >= 15 is 0 Å². The Morgan fingerprint density at radius 1 is 1.06 bits per heavy atom. The molecule has 4 heterocycles. The normalized spacial score (nSPS) is 25.3. The Morgan fingerprint density at radius 3 is 2.42 bits per heavy atom. The number of nitrogens with zero attached hydrogens (tertiary/aromatic N) is 2. The largest absolute Gasteiger partial charge is 0.373 e. The molecule has 2 fully saturated rings. The van der Waals surface area contributed by atoms with E-state index in [-0.39, 0.29) is 11.6 Å². The van der Waals surface area contributed by atoms with Gasteiger partial charge in [-0.25, -0.2) is 0 Å². The van der Waals surface area contributed by atoms with E-state index in [0.717, 1.165) is 45.7 Å². The first-order valence-corrected chi connectivity index (χ1v) is 12.5. The van der Waals surface area contributed by atoms with Gasteiger partial charge >= 0.3 is 0 Å². The average Bonchev–Trinajstić information content (AvgIpc) is 3.36. The van der Waals surface area contributed by atoms with Crippen LogP contribution in [0.5, 0.6) is 0 Å². The standard InChI is InChI=1S/C23H31N5S.C2H6/c1-16-13-20-22(29-16)21(28-10-7-23(2,24)15-28)14-19(26-20)17-3-5-18(6-4-17)27-11-8-25-9-12-27;1-2/h3-6,13-14,19,25-26H,7-12,15,24H2,1-2H3;1-2H3. The number of anilines is 2. The predicted octanol–water partition coefficient (Wildman–Crippen LogP) is 4.42. The summed E-state index contributed by atoms with van der Waals surface area (Å²) in [5.41, 5.74) is 11.6. The lowest BCUT2D eigenvalue weighted by Gasteiger charge is -2.32.